The Morgan fingerprint density at radius 2 is 2.04 bits per heavy atom. The molecule has 0 bridgehead atoms. The summed E-state index contributed by atoms with van der Waals surface area (Å²) in [5.41, 5.74) is 2.28. The lowest BCUT2D eigenvalue weighted by atomic mass is 9.93. The van der Waals surface area contributed by atoms with Crippen LogP contribution in [0.4, 0.5) is 4.39 Å². The first-order chi connectivity index (χ1) is 13.1. The summed E-state index contributed by atoms with van der Waals surface area (Å²) in [6, 6.07) is 16.2. The molecule has 1 aliphatic rings. The third kappa shape index (κ3) is 3.77. The number of fused-ring (bicyclic) bond motifs is 1. The van der Waals surface area contributed by atoms with Gasteiger partial charge in [0.05, 0.1) is 10.5 Å². The van der Waals surface area contributed by atoms with Gasteiger partial charge in [0.25, 0.3) is 5.91 Å². The molecule has 1 aromatic heterocycles. The molecule has 3 nitrogen and oxygen atoms in total. The Morgan fingerprint density at radius 1 is 1.22 bits per heavy atom. The van der Waals surface area contributed by atoms with E-state index in [4.69, 9.17) is 4.74 Å². The van der Waals surface area contributed by atoms with Crippen molar-refractivity contribution in [1.29, 1.82) is 0 Å². The Hall–Kier alpha value is -2.18. The van der Waals surface area contributed by atoms with Gasteiger partial charge in [0.2, 0.25) is 0 Å². The number of nitrogens with zero attached hydrogens (tertiary/aromatic N) is 1. The fourth-order valence-corrected chi connectivity index (χ4v) is 4.76. The van der Waals surface area contributed by atoms with Crippen LogP contribution in [0.2, 0.25) is 0 Å². The number of carbonyl (C=O) groups is 1. The molecule has 4 rings (SSSR count). The standard InChI is InChI=1S/C21H17BrFNO2S/c22-17-12-15(23)6-7-18(17)26-13-20(25)24-10-8-19-16(9-11-27-19)21(24)14-4-2-1-3-5-14/h1-7,9,11-12,21H,8,10,13H2. The molecular weight excluding hydrogens is 429 g/mol. The predicted molar refractivity (Wildman–Crippen MR) is 108 cm³/mol. The second kappa shape index (κ2) is 7.82. The zero-order valence-electron chi connectivity index (χ0n) is 14.4. The van der Waals surface area contributed by atoms with Crippen molar-refractivity contribution in [2.24, 2.45) is 0 Å². The van der Waals surface area contributed by atoms with Crippen molar-refractivity contribution >= 4 is 33.2 Å². The number of ether oxygens (including phenoxy) is 1. The first-order valence-electron chi connectivity index (χ1n) is 8.62. The number of thiophene rings is 1. The Morgan fingerprint density at radius 3 is 2.81 bits per heavy atom. The van der Waals surface area contributed by atoms with E-state index in [2.05, 4.69) is 39.5 Å². The molecule has 0 spiro atoms. The number of hydrogen-bond donors (Lipinski definition) is 0. The highest BCUT2D eigenvalue weighted by Gasteiger charge is 2.32. The lowest BCUT2D eigenvalue weighted by Gasteiger charge is -2.36. The van der Waals surface area contributed by atoms with Crippen LogP contribution in [0.1, 0.15) is 22.0 Å². The van der Waals surface area contributed by atoms with E-state index in [0.29, 0.717) is 16.8 Å². The maximum absolute atomic E-state index is 13.2. The molecule has 0 radical (unpaired) electrons. The third-order valence-corrected chi connectivity index (χ3v) is 6.26. The van der Waals surface area contributed by atoms with Gasteiger partial charge in [-0.15, -0.1) is 11.3 Å². The topological polar surface area (TPSA) is 29.5 Å². The molecule has 6 heteroatoms. The molecule has 0 saturated heterocycles. The number of carbonyl (C=O) groups excluding carboxylic acids is 1. The van der Waals surface area contributed by atoms with Crippen LogP contribution in [0, 0.1) is 5.82 Å². The summed E-state index contributed by atoms with van der Waals surface area (Å²) in [7, 11) is 0. The van der Waals surface area contributed by atoms with Gasteiger partial charge in [0, 0.05) is 11.4 Å². The SMILES string of the molecule is O=C(COc1ccc(F)cc1Br)N1CCc2sccc2C1c1ccccc1. The minimum atomic E-state index is -0.356. The van der Waals surface area contributed by atoms with Gasteiger partial charge in [-0.25, -0.2) is 4.39 Å². The fourth-order valence-electron chi connectivity index (χ4n) is 3.39. The first kappa shape index (κ1) is 18.2. The van der Waals surface area contributed by atoms with Crippen LogP contribution in [0.25, 0.3) is 0 Å². The fraction of sp³-hybridized carbons (Fsp3) is 0.190. The molecule has 0 saturated carbocycles. The maximum atomic E-state index is 13.2. The molecule has 27 heavy (non-hydrogen) atoms. The molecular formula is C21H17BrFNO2S. The Balaban J connectivity index is 1.57. The lowest BCUT2D eigenvalue weighted by Crippen LogP contribution is -2.42. The summed E-state index contributed by atoms with van der Waals surface area (Å²) in [6.45, 7) is 0.562. The molecule has 1 aliphatic heterocycles. The van der Waals surface area contributed by atoms with Gasteiger partial charge in [-0.05, 0) is 63.1 Å². The molecule has 1 unspecified atom stereocenters. The van der Waals surface area contributed by atoms with E-state index in [-0.39, 0.29) is 24.4 Å². The lowest BCUT2D eigenvalue weighted by molar-refractivity contribution is -0.135. The van der Waals surface area contributed by atoms with E-state index in [1.54, 1.807) is 11.3 Å². The minimum Gasteiger partial charge on any atom is -0.483 e. The van der Waals surface area contributed by atoms with Crippen molar-refractivity contribution in [2.75, 3.05) is 13.2 Å². The number of rotatable bonds is 4. The van der Waals surface area contributed by atoms with Crippen molar-refractivity contribution in [2.45, 2.75) is 12.5 Å². The van der Waals surface area contributed by atoms with E-state index in [1.165, 1.54) is 28.6 Å². The largest absolute Gasteiger partial charge is 0.483 e. The highest BCUT2D eigenvalue weighted by atomic mass is 79.9. The molecule has 1 atom stereocenters. The number of amides is 1. The molecule has 3 aromatic rings. The summed E-state index contributed by atoms with van der Waals surface area (Å²) in [6.07, 6.45) is 0.850. The average molecular weight is 446 g/mol. The molecule has 0 N–H and O–H groups in total. The van der Waals surface area contributed by atoms with Crippen LogP contribution in [0.3, 0.4) is 0 Å². The number of hydrogen-bond acceptors (Lipinski definition) is 3. The zero-order chi connectivity index (χ0) is 18.8. The van der Waals surface area contributed by atoms with Crippen LogP contribution >= 0.6 is 27.3 Å². The third-order valence-electron chi connectivity index (χ3n) is 4.65. The first-order valence-corrected chi connectivity index (χ1v) is 10.3. The van der Waals surface area contributed by atoms with Crippen LogP contribution < -0.4 is 4.74 Å². The zero-order valence-corrected chi connectivity index (χ0v) is 16.8. The van der Waals surface area contributed by atoms with Gasteiger partial charge in [0.1, 0.15) is 11.6 Å². The maximum Gasteiger partial charge on any atom is 0.261 e. The Kier molecular flexibility index (Phi) is 5.27. The van der Waals surface area contributed by atoms with Gasteiger partial charge in [-0.2, -0.15) is 0 Å². The van der Waals surface area contributed by atoms with Crippen molar-refractivity contribution in [3.8, 4) is 5.75 Å². The molecule has 2 heterocycles. The number of halogens is 2. The van der Waals surface area contributed by atoms with Crippen molar-refractivity contribution in [1.82, 2.24) is 4.90 Å². The van der Waals surface area contributed by atoms with Crippen LogP contribution in [-0.4, -0.2) is 24.0 Å². The summed E-state index contributed by atoms with van der Waals surface area (Å²) in [5, 5.41) is 2.08. The minimum absolute atomic E-state index is 0.0862. The van der Waals surface area contributed by atoms with E-state index in [0.717, 1.165) is 12.0 Å². The monoisotopic (exact) mass is 445 g/mol. The molecule has 0 aliphatic carbocycles. The van der Waals surface area contributed by atoms with Gasteiger partial charge >= 0.3 is 0 Å². The highest BCUT2D eigenvalue weighted by molar-refractivity contribution is 9.10. The Bertz CT molecular complexity index is 960. The number of benzene rings is 2. The van der Waals surface area contributed by atoms with E-state index in [1.807, 2.05) is 23.1 Å². The van der Waals surface area contributed by atoms with Crippen molar-refractivity contribution < 1.29 is 13.9 Å². The van der Waals surface area contributed by atoms with Crippen LogP contribution in [0.15, 0.2) is 64.5 Å². The molecule has 138 valence electrons. The molecule has 2 aromatic carbocycles. The van der Waals surface area contributed by atoms with Crippen molar-refractivity contribution in [3.05, 3.63) is 86.3 Å². The second-order valence-electron chi connectivity index (χ2n) is 6.31. The quantitative estimate of drug-likeness (QED) is 0.551. The van der Waals surface area contributed by atoms with E-state index in [9.17, 15) is 9.18 Å². The van der Waals surface area contributed by atoms with Gasteiger partial charge in [-0.1, -0.05) is 30.3 Å². The van der Waals surface area contributed by atoms with Gasteiger partial charge in [-0.3, -0.25) is 4.79 Å². The predicted octanol–water partition coefficient (Wildman–Crippen LogP) is 5.20. The average Bonchev–Trinajstić information content (AvgIpc) is 3.15. The summed E-state index contributed by atoms with van der Waals surface area (Å²) < 4.78 is 19.4. The molecule has 1 amide bonds. The van der Waals surface area contributed by atoms with Crippen LogP contribution in [-0.2, 0) is 11.2 Å². The van der Waals surface area contributed by atoms with Crippen molar-refractivity contribution in [3.63, 3.8) is 0 Å². The summed E-state index contributed by atoms with van der Waals surface area (Å²) in [4.78, 5) is 16.2. The molecule has 0 fully saturated rings. The van der Waals surface area contributed by atoms with Gasteiger partial charge < -0.3 is 9.64 Å². The van der Waals surface area contributed by atoms with Gasteiger partial charge in [0.15, 0.2) is 6.61 Å². The highest BCUT2D eigenvalue weighted by Crippen LogP contribution is 2.37. The summed E-state index contributed by atoms with van der Waals surface area (Å²) in [5.74, 6) is 0.0110. The Labute approximate surface area is 169 Å². The smallest absolute Gasteiger partial charge is 0.261 e. The van der Waals surface area contributed by atoms with E-state index >= 15 is 0 Å². The summed E-state index contributed by atoms with van der Waals surface area (Å²) >= 11 is 5.01. The van der Waals surface area contributed by atoms with Crippen LogP contribution in [0.5, 0.6) is 5.75 Å². The second-order valence-corrected chi connectivity index (χ2v) is 8.17. The van der Waals surface area contributed by atoms with E-state index < -0.39 is 0 Å². The normalized spacial score (nSPS) is 16.1.